The number of rotatable bonds is 8. The molecule has 0 radical (unpaired) electrons. The van der Waals surface area contributed by atoms with Crippen molar-refractivity contribution in [3.05, 3.63) is 137 Å². The van der Waals surface area contributed by atoms with Crippen molar-refractivity contribution in [2.45, 2.75) is 25.4 Å². The zero-order valence-corrected chi connectivity index (χ0v) is 19.6. The van der Waals surface area contributed by atoms with Gasteiger partial charge in [0.2, 0.25) is 5.91 Å². The van der Waals surface area contributed by atoms with Crippen LogP contribution in [0.2, 0.25) is 0 Å². The van der Waals surface area contributed by atoms with E-state index in [-0.39, 0.29) is 24.0 Å². The van der Waals surface area contributed by atoms with E-state index < -0.39 is 5.92 Å². The second-order valence-electron chi connectivity index (χ2n) is 8.77. The smallest absolute Gasteiger partial charge is 0.221 e. The van der Waals surface area contributed by atoms with Gasteiger partial charge in [0.15, 0.2) is 0 Å². The molecule has 1 amide bonds. The minimum atomic E-state index is -0.483. The van der Waals surface area contributed by atoms with Crippen LogP contribution in [-0.4, -0.2) is 15.5 Å². The number of hydrogen-bond donors (Lipinski definition) is 1. The predicted molar refractivity (Wildman–Crippen MR) is 136 cm³/mol. The highest BCUT2D eigenvalue weighted by atomic mass is 19.1. The van der Waals surface area contributed by atoms with Crippen LogP contribution >= 0.6 is 0 Å². The van der Waals surface area contributed by atoms with Gasteiger partial charge in [0.25, 0.3) is 0 Å². The minimum absolute atomic E-state index is 0.0938. The molecule has 0 aliphatic carbocycles. The number of benzene rings is 3. The first-order valence-electron chi connectivity index (χ1n) is 11.8. The van der Waals surface area contributed by atoms with Crippen LogP contribution in [0.1, 0.15) is 34.6 Å². The van der Waals surface area contributed by atoms with Gasteiger partial charge in [-0.25, -0.2) is 8.78 Å². The Bertz CT molecular complexity index is 1480. The molecule has 5 aromatic rings. The van der Waals surface area contributed by atoms with E-state index in [1.165, 1.54) is 18.2 Å². The predicted octanol–water partition coefficient (Wildman–Crippen LogP) is 6.20. The van der Waals surface area contributed by atoms with Gasteiger partial charge in [0.05, 0.1) is 0 Å². The van der Waals surface area contributed by atoms with Gasteiger partial charge < -0.3 is 9.88 Å². The molecule has 2 aromatic heterocycles. The van der Waals surface area contributed by atoms with Gasteiger partial charge in [-0.2, -0.15) is 0 Å². The fourth-order valence-corrected chi connectivity index (χ4v) is 4.57. The quantitative estimate of drug-likeness (QED) is 0.287. The third kappa shape index (κ3) is 5.18. The highest BCUT2D eigenvalue weighted by Gasteiger charge is 2.25. The summed E-state index contributed by atoms with van der Waals surface area (Å²) in [4.78, 5) is 17.1. The first-order chi connectivity index (χ1) is 17.6. The maximum atomic E-state index is 15.0. The Morgan fingerprint density at radius 1 is 0.833 bits per heavy atom. The molecule has 0 unspecified atom stereocenters. The first-order valence-corrected chi connectivity index (χ1v) is 11.8. The van der Waals surface area contributed by atoms with Crippen molar-refractivity contribution in [1.82, 2.24) is 14.9 Å². The van der Waals surface area contributed by atoms with Crippen molar-refractivity contribution < 1.29 is 13.6 Å². The standard InChI is InChI=1S/C30H25F2N3O/c31-23-11-9-22(10-12-23)19-35-20-27(25-6-2-4-8-29(25)35)26(24-5-1-3-7-28(24)32)17-30(36)34-18-21-13-15-33-16-14-21/h1-16,20,26H,17-19H2,(H,34,36)/t26-/m1/s1. The van der Waals surface area contributed by atoms with Crippen LogP contribution in [0.4, 0.5) is 8.78 Å². The molecule has 6 heteroatoms. The number of hydrogen-bond acceptors (Lipinski definition) is 2. The Labute approximate surface area is 208 Å². The molecule has 180 valence electrons. The summed E-state index contributed by atoms with van der Waals surface area (Å²) < 4.78 is 30.5. The molecule has 5 rings (SSSR count). The van der Waals surface area contributed by atoms with Crippen molar-refractivity contribution in [2.24, 2.45) is 0 Å². The molecule has 3 aromatic carbocycles. The topological polar surface area (TPSA) is 46.9 Å². The first kappa shape index (κ1) is 23.4. The number of carbonyl (C=O) groups excluding carboxylic acids is 1. The van der Waals surface area contributed by atoms with Crippen LogP contribution in [0.15, 0.2) is 104 Å². The number of pyridine rings is 1. The molecular formula is C30H25F2N3O. The number of nitrogens with one attached hydrogen (secondary N) is 1. The fraction of sp³-hybridized carbons (Fsp3) is 0.133. The lowest BCUT2D eigenvalue weighted by atomic mass is 9.87. The summed E-state index contributed by atoms with van der Waals surface area (Å²) in [6.45, 7) is 0.899. The molecule has 0 saturated heterocycles. The molecule has 0 aliphatic heterocycles. The third-order valence-corrected chi connectivity index (χ3v) is 6.37. The van der Waals surface area contributed by atoms with Gasteiger partial charge in [-0.3, -0.25) is 9.78 Å². The van der Waals surface area contributed by atoms with Crippen LogP contribution < -0.4 is 5.32 Å². The Kier molecular flexibility index (Phi) is 6.85. The monoisotopic (exact) mass is 481 g/mol. The molecule has 36 heavy (non-hydrogen) atoms. The molecule has 1 N–H and O–H groups in total. The summed E-state index contributed by atoms with van der Waals surface area (Å²) in [5.74, 6) is -1.28. The lowest BCUT2D eigenvalue weighted by Gasteiger charge is -2.18. The lowest BCUT2D eigenvalue weighted by Crippen LogP contribution is -2.25. The minimum Gasteiger partial charge on any atom is -0.352 e. The Hall–Kier alpha value is -4.32. The van der Waals surface area contributed by atoms with Crippen molar-refractivity contribution in [2.75, 3.05) is 0 Å². The number of para-hydroxylation sites is 1. The summed E-state index contributed by atoms with van der Waals surface area (Å²) in [7, 11) is 0. The van der Waals surface area contributed by atoms with Crippen LogP contribution in [0.5, 0.6) is 0 Å². The SMILES string of the molecule is O=C(C[C@H](c1ccccc1F)c1cn(Cc2ccc(F)cc2)c2ccccc12)NCc1ccncc1. The van der Waals surface area contributed by atoms with E-state index in [1.807, 2.05) is 42.6 Å². The molecule has 0 bridgehead atoms. The Morgan fingerprint density at radius 3 is 2.33 bits per heavy atom. The maximum Gasteiger partial charge on any atom is 0.221 e. The molecule has 0 saturated carbocycles. The largest absolute Gasteiger partial charge is 0.352 e. The summed E-state index contributed by atoms with van der Waals surface area (Å²) in [5, 5.41) is 3.91. The zero-order valence-electron chi connectivity index (χ0n) is 19.6. The highest BCUT2D eigenvalue weighted by Crippen LogP contribution is 2.36. The van der Waals surface area contributed by atoms with Crippen LogP contribution in [-0.2, 0) is 17.9 Å². The van der Waals surface area contributed by atoms with E-state index in [9.17, 15) is 9.18 Å². The number of carbonyl (C=O) groups is 1. The summed E-state index contributed by atoms with van der Waals surface area (Å²) in [6, 6.07) is 24.6. The average Bonchev–Trinajstić information content (AvgIpc) is 3.26. The van der Waals surface area contributed by atoms with Crippen molar-refractivity contribution in [1.29, 1.82) is 0 Å². The van der Waals surface area contributed by atoms with Gasteiger partial charge in [-0.1, -0.05) is 48.5 Å². The van der Waals surface area contributed by atoms with Crippen LogP contribution in [0.3, 0.4) is 0 Å². The van der Waals surface area contributed by atoms with Crippen molar-refractivity contribution in [3.8, 4) is 0 Å². The number of aromatic nitrogens is 2. The highest BCUT2D eigenvalue weighted by molar-refractivity contribution is 5.86. The lowest BCUT2D eigenvalue weighted by molar-refractivity contribution is -0.121. The number of amides is 1. The molecular weight excluding hydrogens is 456 g/mol. The number of halogens is 2. The van der Waals surface area contributed by atoms with Crippen LogP contribution in [0.25, 0.3) is 10.9 Å². The third-order valence-electron chi connectivity index (χ3n) is 6.37. The van der Waals surface area contributed by atoms with E-state index >= 15 is 4.39 Å². The second kappa shape index (κ2) is 10.5. The van der Waals surface area contributed by atoms with Crippen molar-refractivity contribution >= 4 is 16.8 Å². The molecule has 0 spiro atoms. The van der Waals surface area contributed by atoms with Gasteiger partial charge >= 0.3 is 0 Å². The zero-order chi connectivity index (χ0) is 24.9. The van der Waals surface area contributed by atoms with Gasteiger partial charge in [0, 0.05) is 54.9 Å². The van der Waals surface area contributed by atoms with E-state index in [4.69, 9.17) is 0 Å². The van der Waals surface area contributed by atoms with E-state index in [0.717, 1.165) is 27.6 Å². The van der Waals surface area contributed by atoms with Gasteiger partial charge in [-0.05, 0) is 58.7 Å². The Balaban J connectivity index is 1.50. The molecule has 4 nitrogen and oxygen atoms in total. The van der Waals surface area contributed by atoms with Crippen molar-refractivity contribution in [3.63, 3.8) is 0 Å². The van der Waals surface area contributed by atoms with E-state index in [0.29, 0.717) is 18.7 Å². The van der Waals surface area contributed by atoms with E-state index in [2.05, 4.69) is 14.9 Å². The van der Waals surface area contributed by atoms with E-state index in [1.54, 1.807) is 42.7 Å². The average molecular weight is 482 g/mol. The Morgan fingerprint density at radius 2 is 1.56 bits per heavy atom. The molecule has 2 heterocycles. The van der Waals surface area contributed by atoms with Gasteiger partial charge in [-0.15, -0.1) is 0 Å². The molecule has 1 atom stereocenters. The molecule has 0 aliphatic rings. The molecule has 0 fully saturated rings. The summed E-state index contributed by atoms with van der Waals surface area (Å²) >= 11 is 0. The number of nitrogens with zero attached hydrogens (tertiary/aromatic N) is 2. The normalized spacial score (nSPS) is 11.9. The fourth-order valence-electron chi connectivity index (χ4n) is 4.57. The van der Waals surface area contributed by atoms with Crippen LogP contribution in [0, 0.1) is 11.6 Å². The maximum absolute atomic E-state index is 15.0. The number of fused-ring (bicyclic) bond motifs is 1. The summed E-state index contributed by atoms with van der Waals surface area (Å²) in [5.41, 5.74) is 4.20. The van der Waals surface area contributed by atoms with Gasteiger partial charge in [0.1, 0.15) is 11.6 Å². The summed E-state index contributed by atoms with van der Waals surface area (Å²) in [6.07, 6.45) is 5.44. The second-order valence-corrected chi connectivity index (χ2v) is 8.77.